The average Bonchev–Trinajstić information content (AvgIpc) is 2.81. The van der Waals surface area contributed by atoms with Gasteiger partial charge in [-0.05, 0) is 24.1 Å². The van der Waals surface area contributed by atoms with E-state index in [9.17, 15) is 5.11 Å². The number of aromatic hydroxyl groups is 1. The van der Waals surface area contributed by atoms with Crippen LogP contribution < -0.4 is 4.74 Å². The summed E-state index contributed by atoms with van der Waals surface area (Å²) in [5.74, 6) is 0.416. The van der Waals surface area contributed by atoms with Crippen molar-refractivity contribution in [2.24, 2.45) is 0 Å². The first-order valence-corrected chi connectivity index (χ1v) is 6.32. The van der Waals surface area contributed by atoms with Gasteiger partial charge in [0, 0.05) is 26.7 Å². The monoisotopic (exact) mass is 271 g/mol. The highest BCUT2D eigenvalue weighted by Gasteiger charge is 2.22. The largest absolute Gasteiger partial charge is 0.503 e. The van der Waals surface area contributed by atoms with Crippen LogP contribution in [-0.2, 0) is 11.3 Å². The van der Waals surface area contributed by atoms with Crippen molar-refractivity contribution in [1.82, 2.24) is 4.90 Å². The summed E-state index contributed by atoms with van der Waals surface area (Å²) in [5, 5.41) is 10.00. The van der Waals surface area contributed by atoms with Crippen LogP contribution >= 0.6 is 11.6 Å². The summed E-state index contributed by atoms with van der Waals surface area (Å²) in [6, 6.07) is 3.60. The third-order valence-corrected chi connectivity index (χ3v) is 3.56. The molecule has 0 radical (unpaired) electrons. The fourth-order valence-electron chi connectivity index (χ4n) is 2.27. The molecule has 18 heavy (non-hydrogen) atoms. The van der Waals surface area contributed by atoms with E-state index in [4.69, 9.17) is 21.1 Å². The van der Waals surface area contributed by atoms with Gasteiger partial charge in [0.1, 0.15) is 0 Å². The Morgan fingerprint density at radius 1 is 1.44 bits per heavy atom. The van der Waals surface area contributed by atoms with Crippen LogP contribution in [0, 0.1) is 0 Å². The number of ether oxygens (including phenoxy) is 2. The molecular formula is C13H18ClNO3. The third kappa shape index (κ3) is 2.88. The third-order valence-electron chi connectivity index (χ3n) is 3.28. The normalized spacial score (nSPS) is 20.3. The number of halogens is 1. The van der Waals surface area contributed by atoms with Gasteiger partial charge in [-0.1, -0.05) is 11.6 Å². The molecule has 1 aliphatic rings. The molecule has 100 valence electrons. The summed E-state index contributed by atoms with van der Waals surface area (Å²) in [4.78, 5) is 2.30. The quantitative estimate of drug-likeness (QED) is 0.912. The minimum Gasteiger partial charge on any atom is -0.503 e. The predicted octanol–water partition coefficient (Wildman–Crippen LogP) is 2.27. The van der Waals surface area contributed by atoms with Crippen molar-refractivity contribution >= 4 is 11.6 Å². The summed E-state index contributed by atoms with van der Waals surface area (Å²) >= 11 is 5.97. The Kier molecular flexibility index (Phi) is 4.32. The van der Waals surface area contributed by atoms with Crippen LogP contribution in [0.25, 0.3) is 0 Å². The Hall–Kier alpha value is -0.970. The first-order valence-electron chi connectivity index (χ1n) is 5.94. The number of likely N-dealkylation sites (tertiary alicyclic amines) is 1. The minimum atomic E-state index is -0.000827. The molecule has 2 rings (SSSR count). The number of phenolic OH excluding ortho intramolecular Hbond substituents is 1. The highest BCUT2D eigenvalue weighted by molar-refractivity contribution is 6.32. The molecular weight excluding hydrogens is 254 g/mol. The summed E-state index contributed by atoms with van der Waals surface area (Å²) in [6.45, 7) is 2.73. The van der Waals surface area contributed by atoms with Crippen LogP contribution in [0.1, 0.15) is 12.0 Å². The van der Waals surface area contributed by atoms with Crippen molar-refractivity contribution in [2.75, 3.05) is 27.3 Å². The van der Waals surface area contributed by atoms with Crippen LogP contribution in [0.15, 0.2) is 12.1 Å². The SMILES string of the molecule is COc1cc(CN2CCC(OC)C2)cc(Cl)c1O. The molecule has 1 N–H and O–H groups in total. The molecule has 4 nitrogen and oxygen atoms in total. The molecule has 1 heterocycles. The number of nitrogens with zero attached hydrogens (tertiary/aromatic N) is 1. The van der Waals surface area contributed by atoms with Gasteiger partial charge in [-0.3, -0.25) is 4.90 Å². The van der Waals surface area contributed by atoms with Gasteiger partial charge in [0.05, 0.1) is 18.2 Å². The van der Waals surface area contributed by atoms with Crippen molar-refractivity contribution in [3.8, 4) is 11.5 Å². The average molecular weight is 272 g/mol. The standard InChI is InChI=1S/C13H18ClNO3/c1-17-10-3-4-15(8-10)7-9-5-11(14)13(16)12(6-9)18-2/h5-6,10,16H,3-4,7-8H2,1-2H3. The lowest BCUT2D eigenvalue weighted by Crippen LogP contribution is -2.22. The second-order valence-electron chi connectivity index (χ2n) is 4.51. The molecule has 1 fully saturated rings. The van der Waals surface area contributed by atoms with E-state index in [0.717, 1.165) is 31.6 Å². The lowest BCUT2D eigenvalue weighted by molar-refractivity contribution is 0.107. The lowest BCUT2D eigenvalue weighted by Gasteiger charge is -2.17. The Bertz CT molecular complexity index is 425. The van der Waals surface area contributed by atoms with Crippen LogP contribution in [0.2, 0.25) is 5.02 Å². The molecule has 1 unspecified atom stereocenters. The molecule has 0 saturated carbocycles. The number of benzene rings is 1. The molecule has 1 atom stereocenters. The van der Waals surface area contributed by atoms with Crippen molar-refractivity contribution in [3.05, 3.63) is 22.7 Å². The van der Waals surface area contributed by atoms with Gasteiger partial charge < -0.3 is 14.6 Å². The van der Waals surface area contributed by atoms with Crippen LogP contribution in [0.4, 0.5) is 0 Å². The first kappa shape index (κ1) is 13.5. The number of rotatable bonds is 4. The summed E-state index contributed by atoms with van der Waals surface area (Å²) in [5.41, 5.74) is 1.03. The van der Waals surface area contributed by atoms with Gasteiger partial charge in [-0.2, -0.15) is 0 Å². The zero-order valence-electron chi connectivity index (χ0n) is 10.6. The fraction of sp³-hybridized carbons (Fsp3) is 0.538. The molecule has 0 amide bonds. The van der Waals surface area contributed by atoms with E-state index in [-0.39, 0.29) is 5.75 Å². The topological polar surface area (TPSA) is 41.9 Å². The molecule has 1 aromatic rings. The Labute approximate surface area is 112 Å². The highest BCUT2D eigenvalue weighted by atomic mass is 35.5. The van der Waals surface area contributed by atoms with E-state index in [1.807, 2.05) is 6.07 Å². The molecule has 1 aliphatic heterocycles. The fourth-order valence-corrected chi connectivity index (χ4v) is 2.50. The molecule has 5 heteroatoms. The second kappa shape index (κ2) is 5.78. The summed E-state index contributed by atoms with van der Waals surface area (Å²) in [6.07, 6.45) is 1.37. The summed E-state index contributed by atoms with van der Waals surface area (Å²) in [7, 11) is 3.26. The van der Waals surface area contributed by atoms with E-state index >= 15 is 0 Å². The number of methoxy groups -OCH3 is 2. The molecule has 1 saturated heterocycles. The molecule has 0 spiro atoms. The van der Waals surface area contributed by atoms with Gasteiger partial charge in [0.25, 0.3) is 0 Å². The van der Waals surface area contributed by atoms with Crippen LogP contribution in [-0.4, -0.2) is 43.4 Å². The maximum absolute atomic E-state index is 9.67. The van der Waals surface area contributed by atoms with Crippen molar-refractivity contribution < 1.29 is 14.6 Å². The molecule has 0 bridgehead atoms. The van der Waals surface area contributed by atoms with E-state index in [1.165, 1.54) is 7.11 Å². The number of hydrogen-bond acceptors (Lipinski definition) is 4. The molecule has 1 aromatic carbocycles. The Balaban J connectivity index is 2.08. The van der Waals surface area contributed by atoms with Gasteiger partial charge in [0.2, 0.25) is 0 Å². The van der Waals surface area contributed by atoms with Gasteiger partial charge >= 0.3 is 0 Å². The van der Waals surface area contributed by atoms with E-state index in [2.05, 4.69) is 4.90 Å². The molecule has 0 aliphatic carbocycles. The second-order valence-corrected chi connectivity index (χ2v) is 4.92. The predicted molar refractivity (Wildman–Crippen MR) is 70.4 cm³/mol. The number of hydrogen-bond donors (Lipinski definition) is 1. The van der Waals surface area contributed by atoms with E-state index < -0.39 is 0 Å². The van der Waals surface area contributed by atoms with E-state index in [1.54, 1.807) is 13.2 Å². The van der Waals surface area contributed by atoms with E-state index in [0.29, 0.717) is 16.9 Å². The minimum absolute atomic E-state index is 0.000827. The zero-order chi connectivity index (χ0) is 13.1. The van der Waals surface area contributed by atoms with Crippen LogP contribution in [0.5, 0.6) is 11.5 Å². The first-order chi connectivity index (χ1) is 8.63. The zero-order valence-corrected chi connectivity index (χ0v) is 11.4. The van der Waals surface area contributed by atoms with Crippen molar-refractivity contribution in [2.45, 2.75) is 19.1 Å². The van der Waals surface area contributed by atoms with Crippen molar-refractivity contribution in [3.63, 3.8) is 0 Å². The van der Waals surface area contributed by atoms with Gasteiger partial charge in [-0.25, -0.2) is 0 Å². The number of phenols is 1. The Morgan fingerprint density at radius 2 is 2.22 bits per heavy atom. The van der Waals surface area contributed by atoms with Gasteiger partial charge in [-0.15, -0.1) is 0 Å². The Morgan fingerprint density at radius 3 is 2.83 bits per heavy atom. The van der Waals surface area contributed by atoms with Crippen LogP contribution in [0.3, 0.4) is 0 Å². The molecule has 0 aromatic heterocycles. The maximum atomic E-state index is 9.67. The van der Waals surface area contributed by atoms with Crippen molar-refractivity contribution in [1.29, 1.82) is 0 Å². The highest BCUT2D eigenvalue weighted by Crippen LogP contribution is 2.35. The maximum Gasteiger partial charge on any atom is 0.176 e. The lowest BCUT2D eigenvalue weighted by atomic mass is 10.2. The summed E-state index contributed by atoms with van der Waals surface area (Å²) < 4.78 is 10.4. The smallest absolute Gasteiger partial charge is 0.176 e. The van der Waals surface area contributed by atoms with Gasteiger partial charge in [0.15, 0.2) is 11.5 Å².